The van der Waals surface area contributed by atoms with Crippen LogP contribution in [0.3, 0.4) is 0 Å². The molecule has 10 heteroatoms. The molecular formula is C56H35F3N6S. The molecule has 0 unspecified atom stereocenters. The van der Waals surface area contributed by atoms with E-state index in [1.54, 1.807) is 11.3 Å². The van der Waals surface area contributed by atoms with Crippen molar-refractivity contribution >= 4 is 31.5 Å². The summed E-state index contributed by atoms with van der Waals surface area (Å²) in [5, 5.41) is 2.35. The van der Waals surface area contributed by atoms with E-state index in [1.807, 2.05) is 97.1 Å². The molecule has 316 valence electrons. The van der Waals surface area contributed by atoms with E-state index < -0.39 is 11.7 Å². The molecule has 0 radical (unpaired) electrons. The van der Waals surface area contributed by atoms with Crippen LogP contribution in [0.4, 0.5) is 13.2 Å². The molecule has 6 nitrogen and oxygen atoms in total. The molecule has 11 aromatic rings. The second-order valence-corrected chi connectivity index (χ2v) is 17.0. The number of hydrogen-bond donors (Lipinski definition) is 0. The third kappa shape index (κ3) is 8.10. The summed E-state index contributed by atoms with van der Waals surface area (Å²) in [6.45, 7) is 2.06. The standard InChI is InChI=1S/C56H35F3N6S/c1-34-12-14-39(15-13-34)52-60-50(37-8-4-2-5-9-37)61-53(64-52)40-20-16-35(17-21-40)43-26-30-48-46(32-43)47-33-44(27-31-49(47)66-48)36-18-22-41(23-19-36)54-62-51(38-10-6-3-7-11-38)63-55(65-54)42-24-28-45(29-25-42)56(57,58)59/h2-33H,1H3. The van der Waals surface area contributed by atoms with Gasteiger partial charge in [0, 0.05) is 53.6 Å². The Bertz CT molecular complexity index is 3540. The summed E-state index contributed by atoms with van der Waals surface area (Å²) in [5.41, 5.74) is 9.45. The van der Waals surface area contributed by atoms with Gasteiger partial charge in [0.15, 0.2) is 34.9 Å². The predicted octanol–water partition coefficient (Wildman–Crippen LogP) is 15.1. The second-order valence-electron chi connectivity index (χ2n) is 16.0. The Balaban J connectivity index is 0.896. The Morgan fingerprint density at radius 3 is 0.955 bits per heavy atom. The SMILES string of the molecule is Cc1ccc(-c2nc(-c3ccccc3)nc(-c3ccc(-c4ccc5sc6ccc(-c7ccc(-c8nc(-c9ccccc9)nc(-c9ccc(C(F)(F)F)cc9)n8)cc7)cc6c5c4)cc3)n2)cc1. The average molecular weight is 881 g/mol. The zero-order valence-electron chi connectivity index (χ0n) is 35.2. The van der Waals surface area contributed by atoms with Crippen LogP contribution < -0.4 is 0 Å². The van der Waals surface area contributed by atoms with Crippen molar-refractivity contribution < 1.29 is 13.2 Å². The van der Waals surface area contributed by atoms with E-state index in [9.17, 15) is 13.2 Å². The molecule has 0 N–H and O–H groups in total. The summed E-state index contributed by atoms with van der Waals surface area (Å²) in [6, 6.07) is 62.2. The van der Waals surface area contributed by atoms with Crippen LogP contribution in [0.15, 0.2) is 194 Å². The van der Waals surface area contributed by atoms with E-state index in [2.05, 4.69) is 84.7 Å². The van der Waals surface area contributed by atoms with Crippen LogP contribution in [0.2, 0.25) is 0 Å². The first-order valence-electron chi connectivity index (χ1n) is 21.2. The fourth-order valence-corrected chi connectivity index (χ4v) is 9.04. The number of fused-ring (bicyclic) bond motifs is 3. The highest BCUT2D eigenvalue weighted by Crippen LogP contribution is 2.39. The number of nitrogens with zero attached hydrogens (tertiary/aromatic N) is 6. The van der Waals surface area contributed by atoms with Crippen LogP contribution in [-0.2, 0) is 6.18 Å². The molecule has 0 aliphatic rings. The molecule has 3 heterocycles. The second kappa shape index (κ2) is 16.7. The Morgan fingerprint density at radius 2 is 0.606 bits per heavy atom. The lowest BCUT2D eigenvalue weighted by molar-refractivity contribution is -0.137. The number of halogens is 3. The minimum atomic E-state index is -4.45. The molecule has 8 aromatic carbocycles. The van der Waals surface area contributed by atoms with Gasteiger partial charge in [0.05, 0.1) is 5.56 Å². The first kappa shape index (κ1) is 40.6. The van der Waals surface area contributed by atoms with Crippen molar-refractivity contribution in [2.45, 2.75) is 13.1 Å². The van der Waals surface area contributed by atoms with Gasteiger partial charge >= 0.3 is 6.18 Å². The summed E-state index contributed by atoms with van der Waals surface area (Å²) in [5.74, 6) is 2.99. The fraction of sp³-hybridized carbons (Fsp3) is 0.0357. The minimum Gasteiger partial charge on any atom is -0.208 e. The predicted molar refractivity (Wildman–Crippen MR) is 259 cm³/mol. The number of aromatic nitrogens is 6. The fourth-order valence-electron chi connectivity index (χ4n) is 7.97. The van der Waals surface area contributed by atoms with Gasteiger partial charge in [0.25, 0.3) is 0 Å². The molecule has 0 saturated carbocycles. The highest BCUT2D eigenvalue weighted by molar-refractivity contribution is 7.25. The lowest BCUT2D eigenvalue weighted by atomic mass is 9.99. The maximum absolute atomic E-state index is 13.4. The number of aryl methyl sites for hydroxylation is 1. The molecule has 0 amide bonds. The van der Waals surface area contributed by atoms with E-state index in [4.69, 9.17) is 24.9 Å². The van der Waals surface area contributed by atoms with Crippen LogP contribution in [0.5, 0.6) is 0 Å². The van der Waals surface area contributed by atoms with Crippen LogP contribution in [0, 0.1) is 6.92 Å². The molecule has 3 aromatic heterocycles. The number of alkyl halides is 3. The summed E-state index contributed by atoms with van der Waals surface area (Å²) < 4.78 is 42.5. The van der Waals surface area contributed by atoms with Crippen molar-refractivity contribution in [2.75, 3.05) is 0 Å². The van der Waals surface area contributed by atoms with Crippen LogP contribution in [0.25, 0.3) is 111 Å². The van der Waals surface area contributed by atoms with Gasteiger partial charge in [-0.05, 0) is 65.6 Å². The number of benzene rings is 8. The van der Waals surface area contributed by atoms with Gasteiger partial charge in [-0.2, -0.15) is 13.2 Å². The van der Waals surface area contributed by atoms with Crippen LogP contribution >= 0.6 is 11.3 Å². The summed E-state index contributed by atoms with van der Waals surface area (Å²) in [4.78, 5) is 28.9. The van der Waals surface area contributed by atoms with E-state index in [0.29, 0.717) is 34.7 Å². The van der Waals surface area contributed by atoms with Gasteiger partial charge < -0.3 is 0 Å². The van der Waals surface area contributed by atoms with Gasteiger partial charge in [-0.25, -0.2) is 29.9 Å². The van der Waals surface area contributed by atoms with E-state index in [-0.39, 0.29) is 5.82 Å². The van der Waals surface area contributed by atoms with Crippen LogP contribution in [-0.4, -0.2) is 29.9 Å². The zero-order chi connectivity index (χ0) is 44.8. The Morgan fingerprint density at radius 1 is 0.318 bits per heavy atom. The van der Waals surface area contributed by atoms with Gasteiger partial charge in [0.1, 0.15) is 0 Å². The molecule has 0 saturated heterocycles. The lowest BCUT2D eigenvalue weighted by Gasteiger charge is -2.10. The first-order chi connectivity index (χ1) is 32.2. The van der Waals surface area contributed by atoms with Crippen molar-refractivity contribution in [1.29, 1.82) is 0 Å². The van der Waals surface area contributed by atoms with Gasteiger partial charge in [-0.1, -0.05) is 163 Å². The zero-order valence-corrected chi connectivity index (χ0v) is 36.0. The minimum absolute atomic E-state index is 0.286. The molecule has 0 aliphatic heterocycles. The Labute approximate surface area is 381 Å². The molecule has 0 atom stereocenters. The monoisotopic (exact) mass is 880 g/mol. The van der Waals surface area contributed by atoms with Crippen molar-refractivity contribution in [3.63, 3.8) is 0 Å². The van der Waals surface area contributed by atoms with Gasteiger partial charge in [-0.3, -0.25) is 0 Å². The third-order valence-corrected chi connectivity index (χ3v) is 12.7. The van der Waals surface area contributed by atoms with Crippen molar-refractivity contribution in [2.24, 2.45) is 0 Å². The number of rotatable bonds is 8. The molecule has 0 bridgehead atoms. The van der Waals surface area contributed by atoms with Crippen molar-refractivity contribution in [1.82, 2.24) is 29.9 Å². The van der Waals surface area contributed by atoms with E-state index in [0.717, 1.165) is 62.2 Å². The topological polar surface area (TPSA) is 77.3 Å². The first-order valence-corrected chi connectivity index (χ1v) is 22.1. The van der Waals surface area contributed by atoms with Crippen LogP contribution in [0.1, 0.15) is 11.1 Å². The average Bonchev–Trinajstić information content (AvgIpc) is 3.74. The molecule has 0 aliphatic carbocycles. The Hall–Kier alpha value is -8.21. The molecule has 66 heavy (non-hydrogen) atoms. The quantitative estimate of drug-likeness (QED) is 0.151. The van der Waals surface area contributed by atoms with Gasteiger partial charge in [0.2, 0.25) is 0 Å². The highest BCUT2D eigenvalue weighted by atomic mass is 32.1. The van der Waals surface area contributed by atoms with Gasteiger partial charge in [-0.15, -0.1) is 11.3 Å². The molecule has 11 rings (SSSR count). The smallest absolute Gasteiger partial charge is 0.208 e. The molecule has 0 spiro atoms. The third-order valence-electron chi connectivity index (χ3n) is 11.5. The molecule has 0 fully saturated rings. The van der Waals surface area contributed by atoms with Crippen molar-refractivity contribution in [3.8, 4) is 90.6 Å². The lowest BCUT2D eigenvalue weighted by Crippen LogP contribution is -2.04. The molecular weight excluding hydrogens is 846 g/mol. The number of thiophene rings is 1. The largest absolute Gasteiger partial charge is 0.416 e. The summed E-state index contributed by atoms with van der Waals surface area (Å²) in [6.07, 6.45) is -4.45. The maximum atomic E-state index is 13.4. The van der Waals surface area contributed by atoms with E-state index >= 15 is 0 Å². The highest BCUT2D eigenvalue weighted by Gasteiger charge is 2.30. The van der Waals surface area contributed by atoms with Crippen molar-refractivity contribution in [3.05, 3.63) is 205 Å². The summed E-state index contributed by atoms with van der Waals surface area (Å²) in [7, 11) is 0. The Kier molecular flexibility index (Phi) is 10.3. The van der Waals surface area contributed by atoms with E-state index in [1.165, 1.54) is 37.9 Å². The normalized spacial score (nSPS) is 11.6. The summed E-state index contributed by atoms with van der Waals surface area (Å²) >= 11 is 1.77. The maximum Gasteiger partial charge on any atom is 0.416 e. The number of hydrogen-bond acceptors (Lipinski definition) is 7.